The number of benzene rings is 2. The van der Waals surface area contributed by atoms with Crippen molar-refractivity contribution in [1.29, 1.82) is 0 Å². The number of hydrogen-bond acceptors (Lipinski definition) is 6. The van der Waals surface area contributed by atoms with E-state index < -0.39 is 28.5 Å². The van der Waals surface area contributed by atoms with Crippen LogP contribution >= 0.6 is 0 Å². The number of unbranched alkanes of at least 4 members (excludes halogenated alkanes) is 1. The fraction of sp³-hybridized carbons (Fsp3) is 0.462. The minimum Gasteiger partial charge on any atom is -0.486 e. The highest BCUT2D eigenvalue weighted by Gasteiger charge is 2.30. The van der Waals surface area contributed by atoms with Crippen molar-refractivity contribution in [3.8, 4) is 11.5 Å². The van der Waals surface area contributed by atoms with Gasteiger partial charge in [0.1, 0.15) is 25.8 Å². The smallest absolute Gasteiger partial charge is 0.244 e. The van der Waals surface area contributed by atoms with E-state index in [2.05, 4.69) is 5.32 Å². The number of hydrogen-bond donors (Lipinski definition) is 1. The van der Waals surface area contributed by atoms with Crippen LogP contribution in [0.1, 0.15) is 37.8 Å². The van der Waals surface area contributed by atoms with Gasteiger partial charge in [0.2, 0.25) is 21.8 Å². The second kappa shape index (κ2) is 12.1. The summed E-state index contributed by atoms with van der Waals surface area (Å²) in [5.41, 5.74) is 2.15. The summed E-state index contributed by atoms with van der Waals surface area (Å²) in [4.78, 5) is 27.9. The molecule has 0 saturated heterocycles. The Labute approximate surface area is 213 Å². The van der Waals surface area contributed by atoms with Crippen LogP contribution in [-0.4, -0.2) is 63.7 Å². The summed E-state index contributed by atoms with van der Waals surface area (Å²) in [5, 5.41) is 2.87. The Bertz CT molecular complexity index is 1180. The zero-order valence-corrected chi connectivity index (χ0v) is 22.1. The minimum atomic E-state index is -3.83. The van der Waals surface area contributed by atoms with Crippen LogP contribution in [0.5, 0.6) is 11.5 Å². The predicted molar refractivity (Wildman–Crippen MR) is 139 cm³/mol. The standard InChI is InChI=1S/C26H35N3O6S/c1-5-6-12-27-26(31)20(3)28(17-21-9-7-8-19(2)15-21)25(30)18-29(36(4,32)33)22-10-11-23-24(16-22)35-14-13-34-23/h7-11,15-16,20H,5-6,12-14,17-18H2,1-4H3,(H,27,31). The lowest BCUT2D eigenvalue weighted by Crippen LogP contribution is -2.51. The average Bonchev–Trinajstić information content (AvgIpc) is 2.84. The molecule has 0 bridgehead atoms. The molecule has 1 N–H and O–H groups in total. The number of aryl methyl sites for hydroxylation is 1. The maximum atomic E-state index is 13.6. The van der Waals surface area contributed by atoms with E-state index in [1.807, 2.05) is 38.1 Å². The van der Waals surface area contributed by atoms with Gasteiger partial charge in [-0.2, -0.15) is 0 Å². The Kier molecular flexibility index (Phi) is 9.19. The summed E-state index contributed by atoms with van der Waals surface area (Å²) < 4.78 is 37.6. The van der Waals surface area contributed by atoms with E-state index in [4.69, 9.17) is 9.47 Å². The fourth-order valence-corrected chi connectivity index (χ4v) is 4.77. The summed E-state index contributed by atoms with van der Waals surface area (Å²) in [5.74, 6) is 0.160. The van der Waals surface area contributed by atoms with Crippen molar-refractivity contribution in [2.45, 2.75) is 46.2 Å². The third-order valence-electron chi connectivity index (χ3n) is 5.93. The molecule has 2 amide bonds. The second-order valence-corrected chi connectivity index (χ2v) is 10.8. The lowest BCUT2D eigenvalue weighted by atomic mass is 10.1. The highest BCUT2D eigenvalue weighted by Crippen LogP contribution is 2.34. The van der Waals surface area contributed by atoms with Gasteiger partial charge >= 0.3 is 0 Å². The average molecular weight is 518 g/mol. The SMILES string of the molecule is CCCCNC(=O)C(C)N(Cc1cccc(C)c1)C(=O)CN(c1ccc2c(c1)OCCO2)S(C)(=O)=O. The summed E-state index contributed by atoms with van der Waals surface area (Å²) in [6.45, 7) is 6.61. The van der Waals surface area contributed by atoms with Gasteiger partial charge in [0.15, 0.2) is 11.5 Å². The molecule has 10 heteroatoms. The summed E-state index contributed by atoms with van der Waals surface area (Å²) >= 11 is 0. The van der Waals surface area contributed by atoms with E-state index in [-0.39, 0.29) is 18.1 Å². The first kappa shape index (κ1) is 27.3. The topological polar surface area (TPSA) is 105 Å². The number of fused-ring (bicyclic) bond motifs is 1. The van der Waals surface area contributed by atoms with Gasteiger partial charge in [0, 0.05) is 19.2 Å². The van der Waals surface area contributed by atoms with Gasteiger partial charge in [-0.05, 0) is 38.0 Å². The molecule has 36 heavy (non-hydrogen) atoms. The quantitative estimate of drug-likeness (QED) is 0.460. The number of nitrogens with zero attached hydrogens (tertiary/aromatic N) is 2. The number of ether oxygens (including phenoxy) is 2. The maximum absolute atomic E-state index is 13.6. The van der Waals surface area contributed by atoms with Crippen molar-refractivity contribution in [1.82, 2.24) is 10.2 Å². The number of sulfonamides is 1. The van der Waals surface area contributed by atoms with E-state index >= 15 is 0 Å². The first-order chi connectivity index (χ1) is 17.1. The molecule has 1 heterocycles. The highest BCUT2D eigenvalue weighted by molar-refractivity contribution is 7.92. The molecule has 2 aromatic carbocycles. The van der Waals surface area contributed by atoms with E-state index in [1.165, 1.54) is 4.90 Å². The Morgan fingerprint density at radius 3 is 2.47 bits per heavy atom. The zero-order valence-electron chi connectivity index (χ0n) is 21.3. The van der Waals surface area contributed by atoms with E-state index in [9.17, 15) is 18.0 Å². The van der Waals surface area contributed by atoms with Crippen LogP contribution in [0, 0.1) is 6.92 Å². The van der Waals surface area contributed by atoms with Crippen LogP contribution in [0.4, 0.5) is 5.69 Å². The molecule has 0 saturated carbocycles. The van der Waals surface area contributed by atoms with Crippen LogP contribution in [-0.2, 0) is 26.2 Å². The van der Waals surface area contributed by atoms with Crippen LogP contribution < -0.4 is 19.1 Å². The largest absolute Gasteiger partial charge is 0.486 e. The number of carbonyl (C=O) groups is 2. The lowest BCUT2D eigenvalue weighted by molar-refractivity contribution is -0.139. The van der Waals surface area contributed by atoms with Crippen LogP contribution in [0.3, 0.4) is 0 Å². The maximum Gasteiger partial charge on any atom is 0.244 e. The number of rotatable bonds is 11. The summed E-state index contributed by atoms with van der Waals surface area (Å²) in [6, 6.07) is 11.6. The highest BCUT2D eigenvalue weighted by atomic mass is 32.2. The van der Waals surface area contributed by atoms with Crippen molar-refractivity contribution in [2.75, 3.05) is 36.9 Å². The Hall–Kier alpha value is -3.27. The summed E-state index contributed by atoms with van der Waals surface area (Å²) in [6.07, 6.45) is 2.80. The zero-order chi connectivity index (χ0) is 26.3. The monoisotopic (exact) mass is 517 g/mol. The van der Waals surface area contributed by atoms with Crippen molar-refractivity contribution in [3.05, 3.63) is 53.6 Å². The molecular weight excluding hydrogens is 482 g/mol. The normalized spacial score (nSPS) is 13.6. The predicted octanol–water partition coefficient (Wildman–Crippen LogP) is 2.87. The molecular formula is C26H35N3O6S. The van der Waals surface area contributed by atoms with Crippen molar-refractivity contribution in [3.63, 3.8) is 0 Å². The first-order valence-electron chi connectivity index (χ1n) is 12.1. The van der Waals surface area contributed by atoms with Gasteiger partial charge in [0.25, 0.3) is 0 Å². The molecule has 2 aromatic rings. The number of carbonyl (C=O) groups excluding carboxylic acids is 2. The molecule has 0 aliphatic carbocycles. The minimum absolute atomic E-state index is 0.168. The molecule has 1 atom stereocenters. The third-order valence-corrected chi connectivity index (χ3v) is 7.07. The summed E-state index contributed by atoms with van der Waals surface area (Å²) in [7, 11) is -3.83. The van der Waals surface area contributed by atoms with Gasteiger partial charge in [-0.15, -0.1) is 0 Å². The van der Waals surface area contributed by atoms with Crippen molar-refractivity contribution >= 4 is 27.5 Å². The Morgan fingerprint density at radius 1 is 1.08 bits per heavy atom. The third kappa shape index (κ3) is 7.13. The molecule has 0 aromatic heterocycles. The van der Waals surface area contributed by atoms with Gasteiger partial charge in [-0.1, -0.05) is 43.2 Å². The molecule has 0 radical (unpaired) electrons. The van der Waals surface area contributed by atoms with Gasteiger partial charge in [-0.25, -0.2) is 8.42 Å². The van der Waals surface area contributed by atoms with Crippen molar-refractivity contribution < 1.29 is 27.5 Å². The molecule has 3 rings (SSSR count). The molecule has 0 spiro atoms. The molecule has 1 aliphatic heterocycles. The Morgan fingerprint density at radius 2 is 1.81 bits per heavy atom. The number of amides is 2. The van der Waals surface area contributed by atoms with E-state index in [0.29, 0.717) is 31.3 Å². The van der Waals surface area contributed by atoms with Gasteiger partial charge < -0.3 is 19.7 Å². The first-order valence-corrected chi connectivity index (χ1v) is 13.9. The number of nitrogens with one attached hydrogen (secondary N) is 1. The molecule has 1 unspecified atom stereocenters. The van der Waals surface area contributed by atoms with E-state index in [1.54, 1.807) is 25.1 Å². The van der Waals surface area contributed by atoms with Crippen LogP contribution in [0.25, 0.3) is 0 Å². The van der Waals surface area contributed by atoms with E-state index in [0.717, 1.165) is 34.5 Å². The van der Waals surface area contributed by atoms with Gasteiger partial charge in [-0.3, -0.25) is 13.9 Å². The van der Waals surface area contributed by atoms with Crippen LogP contribution in [0.15, 0.2) is 42.5 Å². The van der Waals surface area contributed by atoms with Crippen LogP contribution in [0.2, 0.25) is 0 Å². The van der Waals surface area contributed by atoms with Crippen molar-refractivity contribution in [2.24, 2.45) is 0 Å². The molecule has 0 fully saturated rings. The lowest BCUT2D eigenvalue weighted by Gasteiger charge is -2.32. The molecule has 1 aliphatic rings. The fourth-order valence-electron chi connectivity index (χ4n) is 3.93. The second-order valence-electron chi connectivity index (χ2n) is 8.93. The Balaban J connectivity index is 1.89. The number of anilines is 1. The molecule has 9 nitrogen and oxygen atoms in total. The van der Waals surface area contributed by atoms with Gasteiger partial charge in [0.05, 0.1) is 11.9 Å². The molecule has 196 valence electrons.